The molecule has 2 aromatic heterocycles. The average Bonchev–Trinajstić information content (AvgIpc) is 3.78. The molecule has 6 rings (SSSR count). The van der Waals surface area contributed by atoms with Crippen molar-refractivity contribution in [3.05, 3.63) is 87.8 Å². The second-order valence-electron chi connectivity index (χ2n) is 11.5. The Hall–Kier alpha value is -4.50. The van der Waals surface area contributed by atoms with E-state index in [2.05, 4.69) is 14.9 Å². The molecule has 0 amide bonds. The molecule has 2 fully saturated rings. The minimum absolute atomic E-state index is 0.0431. The molecule has 1 saturated heterocycles. The number of pyridine rings is 1. The molecule has 0 atom stereocenters. The molecule has 3 heterocycles. The van der Waals surface area contributed by atoms with Gasteiger partial charge in [-0.05, 0) is 62.1 Å². The summed E-state index contributed by atoms with van der Waals surface area (Å²) in [6, 6.07) is 11.7. The highest BCUT2D eigenvalue weighted by Crippen LogP contribution is 2.46. The molecule has 1 aliphatic carbocycles. The number of hydrogen-bond donors (Lipinski definition) is 2. The van der Waals surface area contributed by atoms with E-state index in [0.717, 1.165) is 18.9 Å². The van der Waals surface area contributed by atoms with Crippen molar-refractivity contribution in [3.63, 3.8) is 0 Å². The van der Waals surface area contributed by atoms with Crippen LogP contribution in [0.5, 0.6) is 11.5 Å². The monoisotopic (exact) mass is 697 g/mol. The molecular weight excluding hydrogens is 672 g/mol. The van der Waals surface area contributed by atoms with E-state index in [0.29, 0.717) is 23.0 Å². The summed E-state index contributed by atoms with van der Waals surface area (Å²) in [6.07, 6.45) is -8.04. The second kappa shape index (κ2) is 12.5. The highest BCUT2D eigenvalue weighted by molar-refractivity contribution is 6.31. The molecule has 1 aliphatic heterocycles. The molecule has 0 radical (unpaired) electrons. The Kier molecular flexibility index (Phi) is 8.70. The van der Waals surface area contributed by atoms with Gasteiger partial charge in [0.25, 0.3) is 0 Å². The smallest absolute Gasteiger partial charge is 0.489 e. The van der Waals surface area contributed by atoms with Gasteiger partial charge in [0.05, 0.1) is 21.8 Å². The van der Waals surface area contributed by atoms with Gasteiger partial charge >= 0.3 is 18.5 Å². The summed E-state index contributed by atoms with van der Waals surface area (Å²) in [6.45, 7) is -0.0153. The molecule has 9 nitrogen and oxygen atoms in total. The number of carboxylic acid groups (broad SMARTS) is 1. The van der Waals surface area contributed by atoms with Crippen molar-refractivity contribution in [2.75, 3.05) is 18.0 Å². The van der Waals surface area contributed by atoms with Gasteiger partial charge in [-0.25, -0.2) is 9.78 Å². The van der Waals surface area contributed by atoms with Crippen LogP contribution in [0, 0.1) is 0 Å². The topological polar surface area (TPSA) is 118 Å². The van der Waals surface area contributed by atoms with E-state index in [1.54, 1.807) is 18.2 Å². The van der Waals surface area contributed by atoms with Gasteiger partial charge in [-0.15, -0.1) is 13.2 Å². The first-order valence-electron chi connectivity index (χ1n) is 14.7. The van der Waals surface area contributed by atoms with Gasteiger partial charge in [-0.1, -0.05) is 35.0 Å². The first-order chi connectivity index (χ1) is 22.6. The number of anilines is 1. The number of hydrogen-bond acceptors (Lipinski definition) is 8. The predicted octanol–water partition coefficient (Wildman–Crippen LogP) is 7.95. The van der Waals surface area contributed by atoms with Gasteiger partial charge in [0.15, 0.2) is 0 Å². The van der Waals surface area contributed by atoms with E-state index >= 15 is 0 Å². The third-order valence-electron chi connectivity index (χ3n) is 8.22. The third kappa shape index (κ3) is 7.16. The van der Waals surface area contributed by atoms with Crippen molar-refractivity contribution in [3.8, 4) is 22.8 Å². The Labute approximate surface area is 273 Å². The number of alkyl halides is 6. The molecule has 48 heavy (non-hydrogen) atoms. The van der Waals surface area contributed by atoms with Crippen LogP contribution in [0.2, 0.25) is 5.02 Å². The van der Waals surface area contributed by atoms with Crippen LogP contribution < -0.4 is 14.4 Å². The van der Waals surface area contributed by atoms with Gasteiger partial charge in [-0.3, -0.25) is 0 Å². The van der Waals surface area contributed by atoms with Gasteiger partial charge in [0.1, 0.15) is 41.1 Å². The Balaban J connectivity index is 1.18. The molecule has 2 aromatic carbocycles. The van der Waals surface area contributed by atoms with Crippen LogP contribution in [0.3, 0.4) is 0 Å². The lowest BCUT2D eigenvalue weighted by atomic mass is 9.84. The van der Waals surface area contributed by atoms with Gasteiger partial charge in [0, 0.05) is 30.1 Å². The first-order valence-corrected chi connectivity index (χ1v) is 15.1. The Bertz CT molecular complexity index is 1830. The number of halogens is 7. The number of rotatable bonds is 9. The predicted molar refractivity (Wildman–Crippen MR) is 158 cm³/mol. The molecule has 4 aromatic rings. The SMILES string of the molecule is O=C(O)c1cc(N2CCC(O)(c3ccc(OCc4c(-c5ccccc5OC(F)(F)F)noc4C4CC4)cc3Cl)CC2)nc(C(F)(F)F)c1. The fraction of sp³-hybridized carbons (Fsp3) is 0.344. The maximum absolute atomic E-state index is 13.4. The molecule has 16 heteroatoms. The molecule has 2 aliphatic rings. The number of nitrogens with zero attached hydrogens (tertiary/aromatic N) is 3. The van der Waals surface area contributed by atoms with Crippen molar-refractivity contribution in [2.24, 2.45) is 0 Å². The van der Waals surface area contributed by atoms with Crippen LogP contribution in [0.25, 0.3) is 11.3 Å². The summed E-state index contributed by atoms with van der Waals surface area (Å²) in [7, 11) is 0. The van der Waals surface area contributed by atoms with Crippen LogP contribution in [0.15, 0.2) is 59.1 Å². The molecule has 0 bridgehead atoms. The lowest BCUT2D eigenvalue weighted by molar-refractivity contribution is -0.274. The number of carboxylic acids is 1. The maximum Gasteiger partial charge on any atom is 0.573 e. The van der Waals surface area contributed by atoms with Gasteiger partial charge in [0.2, 0.25) is 0 Å². The van der Waals surface area contributed by atoms with Crippen molar-refractivity contribution < 1.29 is 55.3 Å². The van der Waals surface area contributed by atoms with Crippen molar-refractivity contribution in [2.45, 2.75) is 56.3 Å². The normalized spacial score (nSPS) is 16.5. The third-order valence-corrected chi connectivity index (χ3v) is 8.54. The summed E-state index contributed by atoms with van der Waals surface area (Å²) < 4.78 is 95.1. The summed E-state index contributed by atoms with van der Waals surface area (Å²) in [5.41, 5.74) is -2.34. The summed E-state index contributed by atoms with van der Waals surface area (Å²) >= 11 is 6.58. The van der Waals surface area contributed by atoms with Gasteiger partial charge < -0.3 is 29.1 Å². The zero-order chi connectivity index (χ0) is 34.4. The van der Waals surface area contributed by atoms with Crippen molar-refractivity contribution in [1.82, 2.24) is 10.1 Å². The van der Waals surface area contributed by atoms with E-state index < -0.39 is 41.1 Å². The largest absolute Gasteiger partial charge is 0.573 e. The summed E-state index contributed by atoms with van der Waals surface area (Å²) in [5, 5.41) is 25.0. The lowest BCUT2D eigenvalue weighted by Crippen LogP contribution is -2.43. The van der Waals surface area contributed by atoms with Crippen molar-refractivity contribution in [1.29, 1.82) is 0 Å². The highest BCUT2D eigenvalue weighted by atomic mass is 35.5. The van der Waals surface area contributed by atoms with E-state index in [1.807, 2.05) is 0 Å². The zero-order valence-corrected chi connectivity index (χ0v) is 25.5. The van der Waals surface area contributed by atoms with E-state index in [-0.39, 0.29) is 66.3 Å². The number of aromatic nitrogens is 2. The standard InChI is InChI=1S/C32H26ClF6N3O6/c33-23-15-19(46-16-21-27(41-48-28(21)17-5-6-17)20-3-1-2-4-24(20)47-32(37,38)39)7-8-22(23)30(45)9-11-42(12-10-30)26-14-18(29(43)44)13-25(40-26)31(34,35)36/h1-4,7-8,13-15,17,45H,5-6,9-12,16H2,(H,43,44). The maximum atomic E-state index is 13.4. The molecule has 254 valence electrons. The first kappa shape index (κ1) is 33.4. The number of benzene rings is 2. The minimum atomic E-state index is -4.92. The number of aliphatic hydroxyl groups is 1. The van der Waals surface area contributed by atoms with E-state index in [9.17, 15) is 41.4 Å². The number of aromatic carboxylic acids is 1. The molecule has 2 N–H and O–H groups in total. The highest BCUT2D eigenvalue weighted by Gasteiger charge is 2.39. The van der Waals surface area contributed by atoms with Crippen LogP contribution in [0.4, 0.5) is 32.2 Å². The van der Waals surface area contributed by atoms with Crippen molar-refractivity contribution >= 4 is 23.4 Å². The Morgan fingerprint density at radius 1 is 1.04 bits per heavy atom. The van der Waals surface area contributed by atoms with Crippen LogP contribution in [-0.2, 0) is 18.4 Å². The average molecular weight is 698 g/mol. The zero-order valence-electron chi connectivity index (χ0n) is 24.7. The quantitative estimate of drug-likeness (QED) is 0.168. The van der Waals surface area contributed by atoms with E-state index in [1.165, 1.54) is 29.2 Å². The molecule has 0 unspecified atom stereocenters. The number of ether oxygens (including phenoxy) is 2. The van der Waals surface area contributed by atoms with Crippen LogP contribution in [0.1, 0.15) is 64.5 Å². The number of para-hydroxylation sites is 1. The summed E-state index contributed by atoms with van der Waals surface area (Å²) in [5.74, 6) is -1.32. The fourth-order valence-electron chi connectivity index (χ4n) is 5.66. The Morgan fingerprint density at radius 3 is 2.38 bits per heavy atom. The number of carbonyl (C=O) groups is 1. The molecular formula is C32H26ClF6N3O6. The number of piperidine rings is 1. The van der Waals surface area contributed by atoms with Crippen LogP contribution >= 0.6 is 11.6 Å². The fourth-order valence-corrected chi connectivity index (χ4v) is 6.00. The minimum Gasteiger partial charge on any atom is -0.489 e. The summed E-state index contributed by atoms with van der Waals surface area (Å²) in [4.78, 5) is 16.5. The Morgan fingerprint density at radius 2 is 1.75 bits per heavy atom. The molecule has 0 spiro atoms. The second-order valence-corrected chi connectivity index (χ2v) is 12.0. The van der Waals surface area contributed by atoms with Crippen LogP contribution in [-0.4, -0.2) is 45.8 Å². The molecule has 1 saturated carbocycles. The van der Waals surface area contributed by atoms with Gasteiger partial charge in [-0.2, -0.15) is 13.2 Å². The lowest BCUT2D eigenvalue weighted by Gasteiger charge is -2.39. The van der Waals surface area contributed by atoms with E-state index in [4.69, 9.17) is 20.9 Å².